The Morgan fingerprint density at radius 3 is 2.57 bits per heavy atom. The molecular formula is C12H17ClN6O3S. The molecule has 2 rings (SSSR count). The number of hydrogen-bond acceptors (Lipinski definition) is 6. The zero-order valence-corrected chi connectivity index (χ0v) is 14.1. The molecule has 0 fully saturated rings. The Morgan fingerprint density at radius 1 is 1.35 bits per heavy atom. The maximum absolute atomic E-state index is 12.1. The standard InChI is InChI=1S/C12H16N6O3S.ClH/c1-8(12(19)16-9-3-4-11(13)14-5-9)17-22(20,21)10-6-15-18(2)7-10;/h3-8,17H,1-2H3,(H2,13,14)(H,16,19);1H. The molecule has 11 heteroatoms. The summed E-state index contributed by atoms with van der Waals surface area (Å²) in [5.74, 6) is -0.192. The van der Waals surface area contributed by atoms with Crippen LogP contribution in [0, 0.1) is 0 Å². The molecule has 23 heavy (non-hydrogen) atoms. The molecule has 0 radical (unpaired) electrons. The van der Waals surface area contributed by atoms with Gasteiger partial charge in [0.15, 0.2) is 0 Å². The molecule has 0 aliphatic rings. The van der Waals surface area contributed by atoms with E-state index in [1.54, 1.807) is 13.1 Å². The van der Waals surface area contributed by atoms with Crippen molar-refractivity contribution < 1.29 is 13.2 Å². The van der Waals surface area contributed by atoms with E-state index in [4.69, 9.17) is 5.73 Å². The summed E-state index contributed by atoms with van der Waals surface area (Å²) in [6, 6.07) is 2.13. The number of aryl methyl sites for hydroxylation is 1. The number of aromatic nitrogens is 3. The van der Waals surface area contributed by atoms with Crippen LogP contribution in [0.1, 0.15) is 6.92 Å². The topological polar surface area (TPSA) is 132 Å². The number of rotatable bonds is 5. The Balaban J connectivity index is 0.00000264. The number of hydrogen-bond donors (Lipinski definition) is 3. The van der Waals surface area contributed by atoms with Crippen LogP contribution in [0.5, 0.6) is 0 Å². The van der Waals surface area contributed by atoms with Gasteiger partial charge in [0.25, 0.3) is 0 Å². The van der Waals surface area contributed by atoms with Gasteiger partial charge in [0.1, 0.15) is 10.7 Å². The Labute approximate surface area is 139 Å². The summed E-state index contributed by atoms with van der Waals surface area (Å²) in [6.45, 7) is 1.44. The van der Waals surface area contributed by atoms with Gasteiger partial charge < -0.3 is 11.1 Å². The monoisotopic (exact) mass is 360 g/mol. The van der Waals surface area contributed by atoms with Crippen LogP contribution in [0.2, 0.25) is 0 Å². The Kier molecular flexibility index (Phi) is 6.07. The van der Waals surface area contributed by atoms with Crippen molar-refractivity contribution in [1.82, 2.24) is 19.5 Å². The van der Waals surface area contributed by atoms with Crippen LogP contribution >= 0.6 is 12.4 Å². The van der Waals surface area contributed by atoms with Gasteiger partial charge in [-0.05, 0) is 19.1 Å². The lowest BCUT2D eigenvalue weighted by atomic mass is 10.3. The highest BCUT2D eigenvalue weighted by Gasteiger charge is 2.23. The van der Waals surface area contributed by atoms with Crippen molar-refractivity contribution in [3.05, 3.63) is 30.7 Å². The van der Waals surface area contributed by atoms with Gasteiger partial charge in [-0.3, -0.25) is 9.48 Å². The second kappa shape index (κ2) is 7.40. The van der Waals surface area contributed by atoms with Crippen molar-refractivity contribution in [3.8, 4) is 0 Å². The third kappa shape index (κ3) is 4.91. The van der Waals surface area contributed by atoms with Gasteiger partial charge in [0.05, 0.1) is 24.1 Å². The van der Waals surface area contributed by atoms with Gasteiger partial charge in [-0.2, -0.15) is 9.82 Å². The van der Waals surface area contributed by atoms with Crippen molar-refractivity contribution >= 4 is 39.8 Å². The van der Waals surface area contributed by atoms with Gasteiger partial charge in [0, 0.05) is 13.2 Å². The summed E-state index contributed by atoms with van der Waals surface area (Å²) < 4.78 is 27.8. The van der Waals surface area contributed by atoms with E-state index >= 15 is 0 Å². The lowest BCUT2D eigenvalue weighted by Gasteiger charge is -2.13. The maximum Gasteiger partial charge on any atom is 0.244 e. The molecule has 0 aromatic carbocycles. The third-order valence-electron chi connectivity index (χ3n) is 2.77. The number of nitrogens with zero attached hydrogens (tertiary/aromatic N) is 3. The minimum atomic E-state index is -3.81. The lowest BCUT2D eigenvalue weighted by Crippen LogP contribution is -2.41. The molecule has 0 aliphatic heterocycles. The van der Waals surface area contributed by atoms with Crippen molar-refractivity contribution in [2.24, 2.45) is 7.05 Å². The van der Waals surface area contributed by atoms with Gasteiger partial charge in [-0.25, -0.2) is 13.4 Å². The van der Waals surface area contributed by atoms with E-state index in [0.29, 0.717) is 11.5 Å². The van der Waals surface area contributed by atoms with E-state index in [0.717, 1.165) is 0 Å². The maximum atomic E-state index is 12.1. The number of halogens is 1. The summed E-state index contributed by atoms with van der Waals surface area (Å²) in [5, 5.41) is 6.33. The molecule has 0 bridgehead atoms. The molecule has 2 heterocycles. The molecule has 4 N–H and O–H groups in total. The molecule has 2 aromatic heterocycles. The van der Waals surface area contributed by atoms with Crippen molar-refractivity contribution in [2.75, 3.05) is 11.1 Å². The third-order valence-corrected chi connectivity index (χ3v) is 4.27. The quantitative estimate of drug-likeness (QED) is 0.694. The van der Waals surface area contributed by atoms with E-state index in [2.05, 4.69) is 20.1 Å². The van der Waals surface area contributed by atoms with Crippen molar-refractivity contribution in [2.45, 2.75) is 17.9 Å². The molecule has 0 spiro atoms. The number of nitrogen functional groups attached to an aromatic ring is 1. The molecular weight excluding hydrogens is 344 g/mol. The fourth-order valence-electron chi connectivity index (χ4n) is 1.62. The molecule has 0 aliphatic carbocycles. The number of nitrogens with two attached hydrogens (primary N) is 1. The predicted molar refractivity (Wildman–Crippen MR) is 87.5 cm³/mol. The van der Waals surface area contributed by atoms with Gasteiger partial charge in [-0.1, -0.05) is 0 Å². The Morgan fingerprint density at radius 2 is 2.04 bits per heavy atom. The predicted octanol–water partition coefficient (Wildman–Crippen LogP) is 0.125. The first-order chi connectivity index (χ1) is 10.3. The van der Waals surface area contributed by atoms with Gasteiger partial charge >= 0.3 is 0 Å². The van der Waals surface area contributed by atoms with E-state index < -0.39 is 22.0 Å². The Hall–Kier alpha value is -2.17. The van der Waals surface area contributed by atoms with E-state index in [1.165, 1.54) is 36.3 Å². The molecule has 126 valence electrons. The largest absolute Gasteiger partial charge is 0.384 e. The first-order valence-electron chi connectivity index (χ1n) is 6.31. The van der Waals surface area contributed by atoms with Crippen LogP contribution in [-0.4, -0.2) is 35.1 Å². The molecule has 1 atom stereocenters. The average Bonchev–Trinajstić information content (AvgIpc) is 2.88. The number of carbonyl (C=O) groups is 1. The molecule has 0 saturated heterocycles. The number of sulfonamides is 1. The summed E-state index contributed by atoms with van der Waals surface area (Å²) in [6.07, 6.45) is 3.93. The minimum Gasteiger partial charge on any atom is -0.384 e. The van der Waals surface area contributed by atoms with Gasteiger partial charge in [0.2, 0.25) is 15.9 Å². The van der Waals surface area contributed by atoms with Gasteiger partial charge in [-0.15, -0.1) is 12.4 Å². The van der Waals surface area contributed by atoms with Crippen molar-refractivity contribution in [1.29, 1.82) is 0 Å². The highest BCUT2D eigenvalue weighted by Crippen LogP contribution is 2.10. The van der Waals surface area contributed by atoms with Crippen LogP contribution in [0.4, 0.5) is 11.5 Å². The first-order valence-corrected chi connectivity index (χ1v) is 7.79. The van der Waals surface area contributed by atoms with Crippen LogP contribution in [-0.2, 0) is 21.9 Å². The van der Waals surface area contributed by atoms with E-state index in [-0.39, 0.29) is 17.3 Å². The smallest absolute Gasteiger partial charge is 0.244 e. The highest BCUT2D eigenvalue weighted by molar-refractivity contribution is 7.89. The molecule has 0 saturated carbocycles. The molecule has 2 aromatic rings. The fourth-order valence-corrected chi connectivity index (χ4v) is 2.81. The summed E-state index contributed by atoms with van der Waals surface area (Å²) in [5.41, 5.74) is 5.87. The normalized spacial score (nSPS) is 12.3. The van der Waals surface area contributed by atoms with E-state index in [9.17, 15) is 13.2 Å². The average molecular weight is 361 g/mol. The van der Waals surface area contributed by atoms with Crippen LogP contribution in [0.25, 0.3) is 0 Å². The Bertz CT molecular complexity index is 774. The van der Waals surface area contributed by atoms with Crippen LogP contribution in [0.3, 0.4) is 0 Å². The van der Waals surface area contributed by atoms with Crippen LogP contribution < -0.4 is 15.8 Å². The molecule has 1 amide bonds. The number of carbonyl (C=O) groups excluding carboxylic acids is 1. The number of nitrogens with one attached hydrogen (secondary N) is 2. The second-order valence-electron chi connectivity index (χ2n) is 4.65. The lowest BCUT2D eigenvalue weighted by molar-refractivity contribution is -0.117. The summed E-state index contributed by atoms with van der Waals surface area (Å²) in [7, 11) is -2.21. The summed E-state index contributed by atoms with van der Waals surface area (Å²) in [4.78, 5) is 15.8. The molecule has 1 unspecified atom stereocenters. The van der Waals surface area contributed by atoms with Crippen LogP contribution in [0.15, 0.2) is 35.6 Å². The number of pyridine rings is 1. The van der Waals surface area contributed by atoms with E-state index in [1.807, 2.05) is 0 Å². The highest BCUT2D eigenvalue weighted by atomic mass is 35.5. The molecule has 9 nitrogen and oxygen atoms in total. The summed E-state index contributed by atoms with van der Waals surface area (Å²) >= 11 is 0. The zero-order chi connectivity index (χ0) is 16.3. The minimum absolute atomic E-state index is 0. The zero-order valence-electron chi connectivity index (χ0n) is 12.4. The van der Waals surface area contributed by atoms with Crippen molar-refractivity contribution in [3.63, 3.8) is 0 Å². The first kappa shape index (κ1) is 18.9. The number of amides is 1. The second-order valence-corrected chi connectivity index (χ2v) is 6.37. The SMILES string of the molecule is CC(NS(=O)(=O)c1cnn(C)c1)C(=O)Nc1ccc(N)nc1.Cl. The number of anilines is 2. The fraction of sp³-hybridized carbons (Fsp3) is 0.250.